The smallest absolute Gasteiger partial charge is 0.0931 e. The fraction of sp³-hybridized carbons (Fsp3) is 0.500. The monoisotopic (exact) mass is 243 g/mol. The summed E-state index contributed by atoms with van der Waals surface area (Å²) in [5, 5.41) is 3.31. The molecule has 0 unspecified atom stereocenters. The maximum absolute atomic E-state index is 5.88. The maximum atomic E-state index is 5.88. The van der Waals surface area contributed by atoms with Crippen molar-refractivity contribution in [3.63, 3.8) is 0 Å². The molecule has 0 aliphatic carbocycles. The summed E-state index contributed by atoms with van der Waals surface area (Å²) in [4.78, 5) is 1.34. The average molecular weight is 244 g/mol. The van der Waals surface area contributed by atoms with Crippen molar-refractivity contribution in [1.82, 2.24) is 5.32 Å². The van der Waals surface area contributed by atoms with Crippen molar-refractivity contribution in [3.05, 3.63) is 33.0 Å². The third kappa shape index (κ3) is 5.36. The summed E-state index contributed by atoms with van der Waals surface area (Å²) in [5.74, 6) is 0. The Labute approximate surface area is 101 Å². The van der Waals surface area contributed by atoms with Gasteiger partial charge in [0.05, 0.1) is 4.34 Å². The molecule has 1 nitrogen and oxygen atoms in total. The van der Waals surface area contributed by atoms with Gasteiger partial charge in [-0.05, 0) is 38.6 Å². The van der Waals surface area contributed by atoms with Gasteiger partial charge in [-0.15, -0.1) is 11.3 Å². The minimum atomic E-state index is 0.880. The Kier molecular flexibility index (Phi) is 5.99. The van der Waals surface area contributed by atoms with E-state index in [4.69, 9.17) is 11.6 Å². The zero-order valence-corrected chi connectivity index (χ0v) is 10.9. The average Bonchev–Trinajstić information content (AvgIpc) is 2.59. The molecular weight excluding hydrogens is 226 g/mol. The molecule has 0 aliphatic rings. The van der Waals surface area contributed by atoms with E-state index in [1.54, 1.807) is 11.3 Å². The predicted octanol–water partition coefficient (Wildman–Crippen LogP) is 3.89. The number of allylic oxidation sites excluding steroid dienone is 1. The van der Waals surface area contributed by atoms with Crippen LogP contribution in [0.3, 0.4) is 0 Å². The highest BCUT2D eigenvalue weighted by Crippen LogP contribution is 2.23. The molecular formula is C12H18ClNS. The van der Waals surface area contributed by atoms with Gasteiger partial charge in [0.15, 0.2) is 0 Å². The van der Waals surface area contributed by atoms with Gasteiger partial charge in [0.1, 0.15) is 0 Å². The Morgan fingerprint density at radius 1 is 1.53 bits per heavy atom. The lowest BCUT2D eigenvalue weighted by Crippen LogP contribution is -2.13. The molecule has 1 aromatic rings. The molecule has 0 aliphatic heterocycles. The Bertz CT molecular complexity index is 317. The van der Waals surface area contributed by atoms with Crippen molar-refractivity contribution >= 4 is 22.9 Å². The molecule has 0 fully saturated rings. The summed E-state index contributed by atoms with van der Waals surface area (Å²) in [6.07, 6.45) is 4.44. The molecule has 0 bridgehead atoms. The Morgan fingerprint density at radius 3 is 2.93 bits per heavy atom. The normalized spacial score (nSPS) is 12.1. The molecule has 0 saturated heterocycles. The van der Waals surface area contributed by atoms with Gasteiger partial charge in [-0.25, -0.2) is 0 Å². The van der Waals surface area contributed by atoms with E-state index in [1.807, 2.05) is 6.07 Å². The second-order valence-electron chi connectivity index (χ2n) is 3.58. The maximum Gasteiger partial charge on any atom is 0.0931 e. The molecule has 0 spiro atoms. The van der Waals surface area contributed by atoms with E-state index in [-0.39, 0.29) is 0 Å². The second-order valence-corrected chi connectivity index (χ2v) is 5.37. The number of nitrogens with one attached hydrogen (secondary N) is 1. The van der Waals surface area contributed by atoms with Gasteiger partial charge >= 0.3 is 0 Å². The van der Waals surface area contributed by atoms with Gasteiger partial charge in [0.2, 0.25) is 0 Å². The van der Waals surface area contributed by atoms with Crippen LogP contribution in [0.4, 0.5) is 0 Å². The van der Waals surface area contributed by atoms with Crippen LogP contribution < -0.4 is 5.32 Å². The van der Waals surface area contributed by atoms with Crippen LogP contribution in [0.1, 0.15) is 25.1 Å². The topological polar surface area (TPSA) is 12.0 Å². The Hall–Kier alpha value is -0.310. The molecule has 0 saturated carbocycles. The molecule has 3 heteroatoms. The van der Waals surface area contributed by atoms with Crippen LogP contribution in [0.15, 0.2) is 23.8 Å². The molecule has 84 valence electrons. The highest BCUT2D eigenvalue weighted by Gasteiger charge is 1.98. The third-order valence-electron chi connectivity index (χ3n) is 2.15. The number of hydrogen-bond donors (Lipinski definition) is 1. The Morgan fingerprint density at radius 2 is 2.33 bits per heavy atom. The van der Waals surface area contributed by atoms with Crippen molar-refractivity contribution in [3.8, 4) is 0 Å². The highest BCUT2D eigenvalue weighted by atomic mass is 35.5. The van der Waals surface area contributed by atoms with E-state index >= 15 is 0 Å². The van der Waals surface area contributed by atoms with Crippen molar-refractivity contribution in [2.24, 2.45) is 0 Å². The molecule has 15 heavy (non-hydrogen) atoms. The van der Waals surface area contributed by atoms with E-state index < -0.39 is 0 Å². The first-order valence-electron chi connectivity index (χ1n) is 5.33. The van der Waals surface area contributed by atoms with Crippen molar-refractivity contribution in [1.29, 1.82) is 0 Å². The van der Waals surface area contributed by atoms with Crippen molar-refractivity contribution in [2.75, 3.05) is 13.1 Å². The molecule has 0 atom stereocenters. The number of rotatable bonds is 6. The van der Waals surface area contributed by atoms with Crippen LogP contribution in [-0.4, -0.2) is 13.1 Å². The van der Waals surface area contributed by atoms with Crippen LogP contribution in [-0.2, 0) is 6.42 Å². The summed E-state index contributed by atoms with van der Waals surface area (Å²) in [6, 6.07) is 4.07. The molecule has 1 aromatic heterocycles. The van der Waals surface area contributed by atoms with Crippen LogP contribution in [0.2, 0.25) is 4.34 Å². The van der Waals surface area contributed by atoms with E-state index in [2.05, 4.69) is 31.3 Å². The fourth-order valence-corrected chi connectivity index (χ4v) is 2.57. The Balaban J connectivity index is 2.31. The van der Waals surface area contributed by atoms with E-state index in [1.165, 1.54) is 10.5 Å². The standard InChI is InChI=1S/C12H18ClNS/c1-3-14-8-4-5-10(2)9-11-6-7-12(13)15-11/h5-7,14H,3-4,8-9H2,1-2H3. The van der Waals surface area contributed by atoms with Gasteiger partial charge in [0, 0.05) is 11.3 Å². The first-order chi connectivity index (χ1) is 7.22. The van der Waals surface area contributed by atoms with Gasteiger partial charge in [-0.3, -0.25) is 0 Å². The van der Waals surface area contributed by atoms with Gasteiger partial charge in [-0.1, -0.05) is 30.2 Å². The lowest BCUT2D eigenvalue weighted by molar-refractivity contribution is 0.724. The van der Waals surface area contributed by atoms with Crippen LogP contribution in [0.25, 0.3) is 0 Å². The van der Waals surface area contributed by atoms with E-state index in [0.29, 0.717) is 0 Å². The zero-order valence-electron chi connectivity index (χ0n) is 9.35. The largest absolute Gasteiger partial charge is 0.317 e. The van der Waals surface area contributed by atoms with Crippen molar-refractivity contribution in [2.45, 2.75) is 26.7 Å². The van der Waals surface area contributed by atoms with Gasteiger partial charge in [0.25, 0.3) is 0 Å². The number of hydrogen-bond acceptors (Lipinski definition) is 2. The fourth-order valence-electron chi connectivity index (χ4n) is 1.39. The van der Waals surface area contributed by atoms with Gasteiger partial charge in [-0.2, -0.15) is 0 Å². The predicted molar refractivity (Wildman–Crippen MR) is 70.0 cm³/mol. The summed E-state index contributed by atoms with van der Waals surface area (Å²) in [5.41, 5.74) is 1.42. The van der Waals surface area contributed by atoms with Crippen LogP contribution >= 0.6 is 22.9 Å². The van der Waals surface area contributed by atoms with E-state index in [0.717, 1.165) is 30.3 Å². The van der Waals surface area contributed by atoms with Crippen LogP contribution in [0, 0.1) is 0 Å². The molecule has 0 radical (unpaired) electrons. The lowest BCUT2D eigenvalue weighted by atomic mass is 10.1. The highest BCUT2D eigenvalue weighted by molar-refractivity contribution is 7.16. The molecule has 0 aromatic carbocycles. The zero-order chi connectivity index (χ0) is 11.1. The quantitative estimate of drug-likeness (QED) is 0.591. The molecule has 1 rings (SSSR count). The minimum absolute atomic E-state index is 0.880. The summed E-state index contributed by atoms with van der Waals surface area (Å²) in [7, 11) is 0. The molecule has 1 heterocycles. The van der Waals surface area contributed by atoms with Gasteiger partial charge < -0.3 is 5.32 Å². The minimum Gasteiger partial charge on any atom is -0.317 e. The van der Waals surface area contributed by atoms with E-state index in [9.17, 15) is 0 Å². The lowest BCUT2D eigenvalue weighted by Gasteiger charge is -2.00. The second kappa shape index (κ2) is 7.04. The summed E-state index contributed by atoms with van der Waals surface area (Å²) >= 11 is 7.55. The summed E-state index contributed by atoms with van der Waals surface area (Å²) in [6.45, 7) is 6.43. The number of halogens is 1. The molecule has 0 amide bonds. The first kappa shape index (κ1) is 12.8. The van der Waals surface area contributed by atoms with Crippen molar-refractivity contribution < 1.29 is 0 Å². The SMILES string of the molecule is CCNCCC=C(C)Cc1ccc(Cl)s1. The summed E-state index contributed by atoms with van der Waals surface area (Å²) < 4.78 is 0.880. The molecule has 1 N–H and O–H groups in total. The first-order valence-corrected chi connectivity index (χ1v) is 6.52. The third-order valence-corrected chi connectivity index (χ3v) is 3.38. The van der Waals surface area contributed by atoms with Crippen LogP contribution in [0.5, 0.6) is 0 Å². The number of thiophene rings is 1.